The predicted molar refractivity (Wildman–Crippen MR) is 88.1 cm³/mol. The SMILES string of the molecule is CCNC(C)C1CCN(c2ncccc2OC(C)C)CC1. The zero-order chi connectivity index (χ0) is 15.2. The third-order valence-corrected chi connectivity index (χ3v) is 4.19. The molecule has 1 saturated heterocycles. The number of ether oxygens (including phenoxy) is 1. The number of piperidine rings is 1. The first kappa shape index (κ1) is 16.1. The molecule has 1 unspecified atom stereocenters. The molecule has 0 radical (unpaired) electrons. The minimum absolute atomic E-state index is 0.180. The molecule has 1 atom stereocenters. The standard InChI is InChI=1S/C17H29N3O/c1-5-18-14(4)15-8-11-20(12-9-15)17-16(21-13(2)3)7-6-10-19-17/h6-7,10,13-15,18H,5,8-9,11-12H2,1-4H3. The number of rotatable bonds is 6. The highest BCUT2D eigenvalue weighted by molar-refractivity contribution is 5.52. The highest BCUT2D eigenvalue weighted by atomic mass is 16.5. The predicted octanol–water partition coefficient (Wildman–Crippen LogP) is 3.08. The van der Waals surface area contributed by atoms with Gasteiger partial charge in [0.2, 0.25) is 0 Å². The average Bonchev–Trinajstić information content (AvgIpc) is 2.48. The number of pyridine rings is 1. The summed E-state index contributed by atoms with van der Waals surface area (Å²) in [6.45, 7) is 11.8. The molecule has 2 heterocycles. The van der Waals surface area contributed by atoms with E-state index in [0.717, 1.165) is 37.1 Å². The van der Waals surface area contributed by atoms with E-state index in [4.69, 9.17) is 4.74 Å². The van der Waals surface area contributed by atoms with Crippen LogP contribution in [0.4, 0.5) is 5.82 Å². The number of nitrogens with one attached hydrogen (secondary N) is 1. The van der Waals surface area contributed by atoms with Crippen molar-refractivity contribution >= 4 is 5.82 Å². The number of hydrogen-bond acceptors (Lipinski definition) is 4. The first-order valence-corrected chi connectivity index (χ1v) is 8.21. The number of hydrogen-bond donors (Lipinski definition) is 1. The van der Waals surface area contributed by atoms with E-state index in [1.165, 1.54) is 12.8 Å². The highest BCUT2D eigenvalue weighted by Crippen LogP contribution is 2.30. The minimum atomic E-state index is 0.180. The first-order chi connectivity index (χ1) is 10.1. The molecule has 0 saturated carbocycles. The second-order valence-electron chi connectivity index (χ2n) is 6.16. The summed E-state index contributed by atoms with van der Waals surface area (Å²) >= 11 is 0. The largest absolute Gasteiger partial charge is 0.487 e. The zero-order valence-electron chi connectivity index (χ0n) is 13.8. The lowest BCUT2D eigenvalue weighted by Crippen LogP contribution is -2.42. The molecule has 4 nitrogen and oxygen atoms in total. The third-order valence-electron chi connectivity index (χ3n) is 4.19. The van der Waals surface area contributed by atoms with Gasteiger partial charge in [0.25, 0.3) is 0 Å². The van der Waals surface area contributed by atoms with E-state index < -0.39 is 0 Å². The fourth-order valence-corrected chi connectivity index (χ4v) is 3.07. The first-order valence-electron chi connectivity index (χ1n) is 8.21. The van der Waals surface area contributed by atoms with Crippen molar-refractivity contribution in [3.63, 3.8) is 0 Å². The average molecular weight is 291 g/mol. The van der Waals surface area contributed by atoms with Gasteiger partial charge in [-0.3, -0.25) is 0 Å². The van der Waals surface area contributed by atoms with E-state index in [1.807, 2.05) is 18.3 Å². The van der Waals surface area contributed by atoms with Crippen LogP contribution in [-0.2, 0) is 0 Å². The van der Waals surface area contributed by atoms with Crippen molar-refractivity contribution in [2.24, 2.45) is 5.92 Å². The molecule has 0 bridgehead atoms. The maximum absolute atomic E-state index is 5.89. The van der Waals surface area contributed by atoms with Crippen LogP contribution in [0.5, 0.6) is 5.75 Å². The van der Waals surface area contributed by atoms with E-state index in [9.17, 15) is 0 Å². The maximum Gasteiger partial charge on any atom is 0.171 e. The zero-order valence-corrected chi connectivity index (χ0v) is 13.8. The molecule has 0 amide bonds. The van der Waals surface area contributed by atoms with Gasteiger partial charge in [-0.1, -0.05) is 6.92 Å². The molecule has 1 N–H and O–H groups in total. The van der Waals surface area contributed by atoms with E-state index in [0.29, 0.717) is 6.04 Å². The monoisotopic (exact) mass is 291 g/mol. The van der Waals surface area contributed by atoms with Crippen LogP contribution in [0, 0.1) is 5.92 Å². The van der Waals surface area contributed by atoms with Gasteiger partial charge >= 0.3 is 0 Å². The van der Waals surface area contributed by atoms with Crippen molar-refractivity contribution in [1.29, 1.82) is 0 Å². The molecular weight excluding hydrogens is 262 g/mol. The van der Waals surface area contributed by atoms with Crippen molar-refractivity contribution < 1.29 is 4.74 Å². The molecule has 0 aromatic carbocycles. The van der Waals surface area contributed by atoms with Gasteiger partial charge in [0, 0.05) is 25.3 Å². The Labute approximate surface area is 128 Å². The van der Waals surface area contributed by atoms with Crippen LogP contribution in [0.2, 0.25) is 0 Å². The van der Waals surface area contributed by atoms with Crippen molar-refractivity contribution in [2.45, 2.75) is 52.7 Å². The Hall–Kier alpha value is -1.29. The summed E-state index contributed by atoms with van der Waals surface area (Å²) in [7, 11) is 0. The molecule has 1 aromatic heterocycles. The number of anilines is 1. The lowest BCUT2D eigenvalue weighted by Gasteiger charge is -2.36. The molecule has 4 heteroatoms. The fraction of sp³-hybridized carbons (Fsp3) is 0.706. The summed E-state index contributed by atoms with van der Waals surface area (Å²) in [5.41, 5.74) is 0. The van der Waals surface area contributed by atoms with Crippen LogP contribution in [0.25, 0.3) is 0 Å². The Morgan fingerprint density at radius 2 is 2.05 bits per heavy atom. The summed E-state index contributed by atoms with van der Waals surface area (Å²) < 4.78 is 5.89. The van der Waals surface area contributed by atoms with Gasteiger partial charge in [0.1, 0.15) is 0 Å². The van der Waals surface area contributed by atoms with E-state index in [2.05, 4.69) is 42.9 Å². The highest BCUT2D eigenvalue weighted by Gasteiger charge is 2.25. The van der Waals surface area contributed by atoms with Gasteiger partial charge in [-0.05, 0) is 58.2 Å². The quantitative estimate of drug-likeness (QED) is 0.874. The molecule has 1 fully saturated rings. The van der Waals surface area contributed by atoms with Crippen LogP contribution in [-0.4, -0.2) is 36.8 Å². The van der Waals surface area contributed by atoms with E-state index in [-0.39, 0.29) is 6.10 Å². The van der Waals surface area contributed by atoms with Crippen LogP contribution < -0.4 is 15.0 Å². The molecule has 1 aromatic rings. The van der Waals surface area contributed by atoms with Crippen LogP contribution in [0.3, 0.4) is 0 Å². The Morgan fingerprint density at radius 3 is 2.67 bits per heavy atom. The van der Waals surface area contributed by atoms with E-state index >= 15 is 0 Å². The Balaban J connectivity index is 1.99. The van der Waals surface area contributed by atoms with Crippen molar-refractivity contribution in [1.82, 2.24) is 10.3 Å². The van der Waals surface area contributed by atoms with Gasteiger partial charge in [-0.25, -0.2) is 4.98 Å². The fourth-order valence-electron chi connectivity index (χ4n) is 3.07. The Kier molecular flexibility index (Phi) is 5.85. The van der Waals surface area contributed by atoms with Crippen LogP contribution in [0.15, 0.2) is 18.3 Å². The minimum Gasteiger partial charge on any atom is -0.487 e. The lowest BCUT2D eigenvalue weighted by atomic mass is 9.90. The van der Waals surface area contributed by atoms with Crippen molar-refractivity contribution in [3.05, 3.63) is 18.3 Å². The normalized spacial score (nSPS) is 18.0. The summed E-state index contributed by atoms with van der Waals surface area (Å²) in [4.78, 5) is 6.91. The number of nitrogens with zero attached hydrogens (tertiary/aromatic N) is 2. The van der Waals surface area contributed by atoms with Crippen molar-refractivity contribution in [3.8, 4) is 5.75 Å². The summed E-state index contributed by atoms with van der Waals surface area (Å²) in [6, 6.07) is 4.57. The summed E-state index contributed by atoms with van der Waals surface area (Å²) in [6.07, 6.45) is 4.47. The molecule has 1 aliphatic rings. The molecule has 1 aliphatic heterocycles. The maximum atomic E-state index is 5.89. The third kappa shape index (κ3) is 4.34. The van der Waals surface area contributed by atoms with Crippen molar-refractivity contribution in [2.75, 3.05) is 24.5 Å². The molecule has 2 rings (SSSR count). The molecule has 21 heavy (non-hydrogen) atoms. The van der Waals surface area contributed by atoms with E-state index in [1.54, 1.807) is 0 Å². The molecule has 0 spiro atoms. The number of aromatic nitrogens is 1. The van der Waals surface area contributed by atoms with Crippen LogP contribution in [0.1, 0.15) is 40.5 Å². The Morgan fingerprint density at radius 1 is 1.33 bits per heavy atom. The van der Waals surface area contributed by atoms with Gasteiger partial charge in [0.05, 0.1) is 6.10 Å². The van der Waals surface area contributed by atoms with Gasteiger partial charge < -0.3 is 15.0 Å². The molecule has 0 aliphatic carbocycles. The topological polar surface area (TPSA) is 37.4 Å². The lowest BCUT2D eigenvalue weighted by molar-refractivity contribution is 0.240. The van der Waals surface area contributed by atoms with Gasteiger partial charge in [-0.15, -0.1) is 0 Å². The molecular formula is C17H29N3O. The second-order valence-corrected chi connectivity index (χ2v) is 6.16. The van der Waals surface area contributed by atoms with Gasteiger partial charge in [0.15, 0.2) is 11.6 Å². The summed E-state index contributed by atoms with van der Waals surface area (Å²) in [5, 5.41) is 3.55. The van der Waals surface area contributed by atoms with Gasteiger partial charge in [-0.2, -0.15) is 0 Å². The smallest absolute Gasteiger partial charge is 0.171 e. The van der Waals surface area contributed by atoms with Crippen LogP contribution >= 0.6 is 0 Å². The Bertz CT molecular complexity index is 428. The second kappa shape index (κ2) is 7.64. The summed E-state index contributed by atoms with van der Waals surface area (Å²) in [5.74, 6) is 2.67. The molecule has 118 valence electrons.